The lowest BCUT2D eigenvalue weighted by atomic mass is 9.78. The lowest BCUT2D eigenvalue weighted by Gasteiger charge is -2.33. The number of carbonyl (C=O) groups excluding carboxylic acids is 2. The summed E-state index contributed by atoms with van der Waals surface area (Å²) >= 11 is 0. The van der Waals surface area contributed by atoms with Crippen molar-refractivity contribution in [1.29, 1.82) is 0 Å². The molecule has 1 unspecified atom stereocenters. The molecule has 2 amide bonds. The van der Waals surface area contributed by atoms with E-state index in [-0.39, 0.29) is 28.8 Å². The molecule has 1 atom stereocenters. The Labute approximate surface area is 190 Å². The number of carbonyl (C=O) groups is 2. The van der Waals surface area contributed by atoms with E-state index in [0.29, 0.717) is 48.3 Å². The van der Waals surface area contributed by atoms with Crippen molar-refractivity contribution in [3.8, 4) is 0 Å². The highest BCUT2D eigenvalue weighted by atomic mass is 16.5. The summed E-state index contributed by atoms with van der Waals surface area (Å²) in [4.78, 5) is 50.8. The van der Waals surface area contributed by atoms with Gasteiger partial charge in [0.1, 0.15) is 5.52 Å². The number of aromatic amines is 1. The number of H-pyrrole nitrogens is 1. The van der Waals surface area contributed by atoms with Crippen molar-refractivity contribution < 1.29 is 14.3 Å². The highest BCUT2D eigenvalue weighted by Gasteiger charge is 2.46. The van der Waals surface area contributed by atoms with Crippen LogP contribution in [0.25, 0.3) is 10.9 Å². The molecule has 0 saturated carbocycles. The first-order valence-corrected chi connectivity index (χ1v) is 11.1. The zero-order valence-corrected chi connectivity index (χ0v) is 18.1. The maximum absolute atomic E-state index is 13.6. The first-order chi connectivity index (χ1) is 16.0. The predicted molar refractivity (Wildman–Crippen MR) is 121 cm³/mol. The van der Waals surface area contributed by atoms with Crippen LogP contribution >= 0.6 is 0 Å². The third kappa shape index (κ3) is 4.23. The second-order valence-corrected chi connectivity index (χ2v) is 8.82. The molecule has 2 saturated heterocycles. The first kappa shape index (κ1) is 21.3. The van der Waals surface area contributed by atoms with E-state index in [1.807, 2.05) is 4.90 Å². The molecular formula is C24H25N5O4. The summed E-state index contributed by atoms with van der Waals surface area (Å²) in [5.41, 5.74) is 0.916. The predicted octanol–water partition coefficient (Wildman–Crippen LogP) is 1.76. The number of pyridine rings is 3. The second-order valence-electron chi connectivity index (χ2n) is 8.82. The summed E-state index contributed by atoms with van der Waals surface area (Å²) in [5, 5.41) is 3.59. The van der Waals surface area contributed by atoms with E-state index in [4.69, 9.17) is 4.74 Å². The fourth-order valence-corrected chi connectivity index (χ4v) is 4.92. The number of nitrogens with one attached hydrogen (secondary N) is 2. The van der Waals surface area contributed by atoms with Crippen molar-refractivity contribution in [1.82, 2.24) is 25.2 Å². The Morgan fingerprint density at radius 3 is 2.85 bits per heavy atom. The fourth-order valence-electron chi connectivity index (χ4n) is 4.92. The molecule has 0 aromatic carbocycles. The molecule has 9 heteroatoms. The van der Waals surface area contributed by atoms with Crippen LogP contribution in [0.5, 0.6) is 0 Å². The number of likely N-dealkylation sites (tertiary alicyclic amines) is 1. The van der Waals surface area contributed by atoms with Crippen LogP contribution in [0.3, 0.4) is 0 Å². The van der Waals surface area contributed by atoms with E-state index in [0.717, 1.165) is 19.3 Å². The summed E-state index contributed by atoms with van der Waals surface area (Å²) in [6.45, 7) is 2.31. The smallest absolute Gasteiger partial charge is 0.274 e. The molecule has 170 valence electrons. The Morgan fingerprint density at radius 2 is 2.06 bits per heavy atom. The average molecular weight is 447 g/mol. The van der Waals surface area contributed by atoms with Gasteiger partial charge in [-0.15, -0.1) is 0 Å². The van der Waals surface area contributed by atoms with Crippen molar-refractivity contribution >= 4 is 22.7 Å². The van der Waals surface area contributed by atoms with Crippen molar-refractivity contribution in [2.45, 2.75) is 25.3 Å². The number of ether oxygens (including phenoxy) is 1. The summed E-state index contributed by atoms with van der Waals surface area (Å²) in [6, 6.07) is 6.72. The van der Waals surface area contributed by atoms with E-state index < -0.39 is 0 Å². The van der Waals surface area contributed by atoms with Crippen molar-refractivity contribution in [3.05, 3.63) is 70.5 Å². The molecule has 2 aliphatic heterocycles. The molecule has 2 fully saturated rings. The topological polar surface area (TPSA) is 117 Å². The molecule has 2 aliphatic rings. The van der Waals surface area contributed by atoms with Crippen LogP contribution in [0.15, 0.2) is 53.8 Å². The number of aromatic nitrogens is 3. The van der Waals surface area contributed by atoms with Gasteiger partial charge < -0.3 is 19.9 Å². The van der Waals surface area contributed by atoms with Gasteiger partial charge in [-0.25, -0.2) is 4.98 Å². The van der Waals surface area contributed by atoms with E-state index >= 15 is 0 Å². The Kier molecular flexibility index (Phi) is 5.63. The van der Waals surface area contributed by atoms with Gasteiger partial charge in [-0.1, -0.05) is 0 Å². The van der Waals surface area contributed by atoms with Gasteiger partial charge in [0.05, 0.1) is 11.1 Å². The summed E-state index contributed by atoms with van der Waals surface area (Å²) in [6.07, 6.45) is 8.72. The van der Waals surface area contributed by atoms with E-state index in [2.05, 4.69) is 20.3 Å². The minimum absolute atomic E-state index is 0.0148. The molecule has 0 aliphatic carbocycles. The molecule has 5 rings (SSSR count). The van der Waals surface area contributed by atoms with Gasteiger partial charge in [-0.3, -0.25) is 19.4 Å². The van der Waals surface area contributed by atoms with Crippen LogP contribution in [-0.4, -0.2) is 64.0 Å². The molecule has 0 bridgehead atoms. The third-order valence-electron chi connectivity index (χ3n) is 6.71. The molecule has 2 N–H and O–H groups in total. The van der Waals surface area contributed by atoms with Gasteiger partial charge in [0, 0.05) is 62.5 Å². The van der Waals surface area contributed by atoms with Crippen molar-refractivity contribution in [2.24, 2.45) is 5.41 Å². The zero-order valence-electron chi connectivity index (χ0n) is 18.1. The van der Waals surface area contributed by atoms with Gasteiger partial charge in [0.15, 0.2) is 0 Å². The lowest BCUT2D eigenvalue weighted by Crippen LogP contribution is -2.43. The van der Waals surface area contributed by atoms with Crippen LogP contribution in [0.4, 0.5) is 0 Å². The normalized spacial score (nSPS) is 19.6. The number of hydrogen-bond donors (Lipinski definition) is 2. The zero-order chi connectivity index (χ0) is 22.8. The lowest BCUT2D eigenvalue weighted by molar-refractivity contribution is 0.0190. The summed E-state index contributed by atoms with van der Waals surface area (Å²) in [5.74, 6) is -0.358. The standard InChI is InChI=1S/C24H25N5O4/c30-21(17-2-1-6-25-12-17)28-14-19-11-24(4-8-33-9-5-24)15-29(19)23(32)18-10-16-3-7-26-22(31)20(16)27-13-18/h1-3,6-7,10,12-13,19H,4-5,8-9,11,14-15H2,(H,26,31)(H,28,30). The monoisotopic (exact) mass is 447 g/mol. The Morgan fingerprint density at radius 1 is 1.21 bits per heavy atom. The Hall–Kier alpha value is -3.59. The molecule has 5 heterocycles. The quantitative estimate of drug-likeness (QED) is 0.629. The highest BCUT2D eigenvalue weighted by molar-refractivity contribution is 5.97. The molecule has 0 radical (unpaired) electrons. The van der Waals surface area contributed by atoms with E-state index in [1.165, 1.54) is 12.4 Å². The maximum Gasteiger partial charge on any atom is 0.274 e. The molecule has 9 nitrogen and oxygen atoms in total. The fraction of sp³-hybridized carbons (Fsp3) is 0.375. The number of nitrogens with zero attached hydrogens (tertiary/aromatic N) is 3. The summed E-state index contributed by atoms with van der Waals surface area (Å²) < 4.78 is 5.56. The second kappa shape index (κ2) is 8.74. The van der Waals surface area contributed by atoms with Crippen molar-refractivity contribution in [2.75, 3.05) is 26.3 Å². The molecule has 3 aromatic heterocycles. The summed E-state index contributed by atoms with van der Waals surface area (Å²) in [7, 11) is 0. The van der Waals surface area contributed by atoms with Gasteiger partial charge in [-0.05, 0) is 48.9 Å². The number of rotatable bonds is 4. The van der Waals surface area contributed by atoms with Crippen LogP contribution < -0.4 is 10.9 Å². The molecule has 33 heavy (non-hydrogen) atoms. The minimum Gasteiger partial charge on any atom is -0.381 e. The van der Waals surface area contributed by atoms with Gasteiger partial charge in [0.25, 0.3) is 17.4 Å². The van der Waals surface area contributed by atoms with Gasteiger partial charge in [-0.2, -0.15) is 0 Å². The van der Waals surface area contributed by atoms with E-state index in [1.54, 1.807) is 36.7 Å². The van der Waals surface area contributed by atoms with Crippen LogP contribution in [-0.2, 0) is 4.74 Å². The van der Waals surface area contributed by atoms with Crippen LogP contribution in [0.2, 0.25) is 0 Å². The van der Waals surface area contributed by atoms with Crippen LogP contribution in [0.1, 0.15) is 40.0 Å². The number of amides is 2. The molecule has 1 spiro atoms. The average Bonchev–Trinajstić information content (AvgIpc) is 3.20. The largest absolute Gasteiger partial charge is 0.381 e. The maximum atomic E-state index is 13.6. The van der Waals surface area contributed by atoms with E-state index in [9.17, 15) is 14.4 Å². The minimum atomic E-state index is -0.287. The SMILES string of the molecule is O=C(NCC1CC2(CCOCC2)CN1C(=O)c1cnc2c(=O)[nH]ccc2c1)c1cccnc1. The van der Waals surface area contributed by atoms with Crippen molar-refractivity contribution in [3.63, 3.8) is 0 Å². The first-order valence-electron chi connectivity index (χ1n) is 11.1. The Bertz CT molecular complexity index is 1240. The van der Waals surface area contributed by atoms with Gasteiger partial charge in [0.2, 0.25) is 0 Å². The van der Waals surface area contributed by atoms with Crippen LogP contribution in [0, 0.1) is 5.41 Å². The Balaban J connectivity index is 1.39. The highest BCUT2D eigenvalue weighted by Crippen LogP contribution is 2.43. The third-order valence-corrected chi connectivity index (χ3v) is 6.71. The molecule has 3 aromatic rings. The molecular weight excluding hydrogens is 422 g/mol. The van der Waals surface area contributed by atoms with Gasteiger partial charge >= 0.3 is 0 Å². The number of hydrogen-bond acceptors (Lipinski definition) is 6. The number of fused-ring (bicyclic) bond motifs is 1.